The topological polar surface area (TPSA) is 49.4 Å². The highest BCUT2D eigenvalue weighted by atomic mass is 16.2. The molecule has 1 amide bonds. The van der Waals surface area contributed by atoms with E-state index in [1.54, 1.807) is 0 Å². The molecular weight excluding hydrogens is 251 g/mol. The van der Waals surface area contributed by atoms with Crippen molar-refractivity contribution in [3.63, 3.8) is 0 Å². The smallest absolute Gasteiger partial charge is 0.215 e. The summed E-state index contributed by atoms with van der Waals surface area (Å²) >= 11 is 0. The largest absolute Gasteiger partial charge is 0.331 e. The van der Waals surface area contributed by atoms with Crippen LogP contribution in [0.2, 0.25) is 6.32 Å². The van der Waals surface area contributed by atoms with Crippen molar-refractivity contribution in [2.45, 2.75) is 71.4 Å². The van der Waals surface area contributed by atoms with Crippen LogP contribution >= 0.6 is 0 Å². The Labute approximate surface area is 124 Å². The molecule has 5 heteroatoms. The normalized spacial score (nSPS) is 22.5. The van der Waals surface area contributed by atoms with Gasteiger partial charge in [-0.05, 0) is 25.6 Å². The molecule has 114 valence electrons. The first-order chi connectivity index (χ1) is 9.36. The second kappa shape index (κ2) is 7.82. The first-order valence-corrected chi connectivity index (χ1v) is 7.95. The van der Waals surface area contributed by atoms with E-state index in [4.69, 9.17) is 0 Å². The fourth-order valence-corrected chi connectivity index (χ4v) is 2.88. The Kier molecular flexibility index (Phi) is 6.73. The molecule has 1 N–H and O–H groups in total. The number of carbonyl (C=O) groups excluding carboxylic acids is 2. The lowest BCUT2D eigenvalue weighted by Crippen LogP contribution is -2.52. The van der Waals surface area contributed by atoms with Crippen molar-refractivity contribution in [2.75, 3.05) is 6.54 Å². The summed E-state index contributed by atoms with van der Waals surface area (Å²) < 4.78 is 0. The Morgan fingerprint density at radius 2 is 1.90 bits per heavy atom. The van der Waals surface area contributed by atoms with Crippen LogP contribution in [-0.4, -0.2) is 49.1 Å². The molecule has 2 unspecified atom stereocenters. The Morgan fingerprint density at radius 1 is 1.25 bits per heavy atom. The lowest BCUT2D eigenvalue weighted by atomic mass is 10.00. The second-order valence-electron chi connectivity index (χ2n) is 6.42. The molecule has 1 fully saturated rings. The van der Waals surface area contributed by atoms with Crippen molar-refractivity contribution in [2.24, 2.45) is 5.92 Å². The fraction of sp³-hybridized carbons (Fsp3) is 0.867. The summed E-state index contributed by atoms with van der Waals surface area (Å²) in [5.74, 6) is 0.239. The highest BCUT2D eigenvalue weighted by Gasteiger charge is 2.35. The highest BCUT2D eigenvalue weighted by molar-refractivity contribution is 6.19. The molecule has 20 heavy (non-hydrogen) atoms. The summed E-state index contributed by atoms with van der Waals surface area (Å²) in [7, 11) is 1.87. The standard InChI is InChI=1S/C15H29BN2O2/c1-10(2)14(19)9-18(15(20)8-16)13-7-5-6-12(13)17-11(3)4/h10-13,17H,5-9,16H2,1-4H3. The van der Waals surface area contributed by atoms with Gasteiger partial charge in [-0.3, -0.25) is 9.59 Å². The summed E-state index contributed by atoms with van der Waals surface area (Å²) in [6, 6.07) is 0.901. The van der Waals surface area contributed by atoms with Gasteiger partial charge in [0, 0.05) is 24.0 Å². The molecule has 1 aliphatic carbocycles. The van der Waals surface area contributed by atoms with Crippen LogP contribution in [0.4, 0.5) is 0 Å². The minimum atomic E-state index is -0.0138. The molecule has 1 rings (SSSR count). The van der Waals surface area contributed by atoms with Gasteiger partial charge >= 0.3 is 0 Å². The van der Waals surface area contributed by atoms with Gasteiger partial charge in [-0.15, -0.1) is 0 Å². The lowest BCUT2D eigenvalue weighted by molar-refractivity contribution is -0.137. The zero-order valence-electron chi connectivity index (χ0n) is 13.6. The van der Waals surface area contributed by atoms with E-state index >= 15 is 0 Å². The molecule has 0 aromatic carbocycles. The van der Waals surface area contributed by atoms with Crippen molar-refractivity contribution in [3.8, 4) is 0 Å². The average molecular weight is 280 g/mol. The summed E-state index contributed by atoms with van der Waals surface area (Å²) in [5, 5.41) is 3.55. The van der Waals surface area contributed by atoms with Crippen LogP contribution in [0, 0.1) is 5.92 Å². The fourth-order valence-electron chi connectivity index (χ4n) is 2.88. The number of amides is 1. The van der Waals surface area contributed by atoms with Crippen LogP contribution in [0.25, 0.3) is 0 Å². The van der Waals surface area contributed by atoms with Crippen LogP contribution in [0.5, 0.6) is 0 Å². The van der Waals surface area contributed by atoms with Gasteiger partial charge in [0.1, 0.15) is 7.85 Å². The van der Waals surface area contributed by atoms with Crippen LogP contribution in [-0.2, 0) is 9.59 Å². The van der Waals surface area contributed by atoms with Gasteiger partial charge in [-0.1, -0.05) is 27.7 Å². The minimum absolute atomic E-state index is 0.0138. The van der Waals surface area contributed by atoms with Gasteiger partial charge in [-0.25, -0.2) is 0 Å². The number of nitrogens with zero attached hydrogens (tertiary/aromatic N) is 1. The molecule has 1 aliphatic rings. The summed E-state index contributed by atoms with van der Waals surface area (Å²) in [5.41, 5.74) is 0. The van der Waals surface area contributed by atoms with E-state index in [0.717, 1.165) is 19.3 Å². The molecule has 0 aliphatic heterocycles. The van der Waals surface area contributed by atoms with Crippen molar-refractivity contribution in [3.05, 3.63) is 0 Å². The van der Waals surface area contributed by atoms with E-state index in [9.17, 15) is 9.59 Å². The maximum atomic E-state index is 12.2. The molecule has 0 saturated heterocycles. The van der Waals surface area contributed by atoms with E-state index in [2.05, 4.69) is 19.2 Å². The van der Waals surface area contributed by atoms with Crippen molar-refractivity contribution < 1.29 is 9.59 Å². The van der Waals surface area contributed by atoms with Crippen LogP contribution in [0.3, 0.4) is 0 Å². The van der Waals surface area contributed by atoms with Gasteiger partial charge in [0.15, 0.2) is 5.78 Å². The third-order valence-electron chi connectivity index (χ3n) is 4.02. The predicted octanol–water partition coefficient (Wildman–Crippen LogP) is 1.01. The van der Waals surface area contributed by atoms with Gasteiger partial charge in [0.05, 0.1) is 6.54 Å². The lowest BCUT2D eigenvalue weighted by Gasteiger charge is -2.34. The number of ketones is 1. The summed E-state index contributed by atoms with van der Waals surface area (Å²) in [6.45, 7) is 8.32. The van der Waals surface area contributed by atoms with E-state index in [-0.39, 0.29) is 30.2 Å². The quantitative estimate of drug-likeness (QED) is 0.708. The van der Waals surface area contributed by atoms with E-state index in [1.807, 2.05) is 26.6 Å². The Balaban J connectivity index is 2.81. The summed E-state index contributed by atoms with van der Waals surface area (Å²) in [6.07, 6.45) is 3.68. The second-order valence-corrected chi connectivity index (χ2v) is 6.42. The number of nitrogens with one attached hydrogen (secondary N) is 1. The van der Waals surface area contributed by atoms with Gasteiger partial charge in [-0.2, -0.15) is 0 Å². The van der Waals surface area contributed by atoms with Crippen molar-refractivity contribution in [1.29, 1.82) is 0 Å². The maximum Gasteiger partial charge on any atom is 0.215 e. The Hall–Kier alpha value is -0.835. The van der Waals surface area contributed by atoms with Crippen LogP contribution in [0.1, 0.15) is 47.0 Å². The average Bonchev–Trinajstić information content (AvgIpc) is 2.81. The third-order valence-corrected chi connectivity index (χ3v) is 4.02. The molecule has 1 saturated carbocycles. The highest BCUT2D eigenvalue weighted by Crippen LogP contribution is 2.25. The van der Waals surface area contributed by atoms with Crippen molar-refractivity contribution >= 4 is 19.5 Å². The van der Waals surface area contributed by atoms with Gasteiger partial charge in [0.25, 0.3) is 0 Å². The van der Waals surface area contributed by atoms with Crippen LogP contribution < -0.4 is 5.32 Å². The number of carbonyl (C=O) groups is 2. The zero-order chi connectivity index (χ0) is 15.3. The van der Waals surface area contributed by atoms with Crippen LogP contribution in [0.15, 0.2) is 0 Å². The molecule has 0 bridgehead atoms. The molecule has 0 aromatic rings. The van der Waals surface area contributed by atoms with Gasteiger partial charge in [0.2, 0.25) is 5.91 Å². The SMILES string of the molecule is BCC(=O)N(CC(=O)C(C)C)C1CCCC1NC(C)C. The first kappa shape index (κ1) is 17.2. The van der Waals surface area contributed by atoms with Gasteiger partial charge < -0.3 is 10.2 Å². The molecular formula is C15H29BN2O2. The molecule has 0 radical (unpaired) electrons. The van der Waals surface area contributed by atoms with E-state index in [1.165, 1.54) is 0 Å². The molecule has 0 spiro atoms. The monoisotopic (exact) mass is 280 g/mol. The zero-order valence-corrected chi connectivity index (χ0v) is 13.6. The molecule has 2 atom stereocenters. The Morgan fingerprint density at radius 3 is 2.40 bits per heavy atom. The number of Topliss-reactive ketones (excluding diaryl/α,β-unsaturated/α-hetero) is 1. The molecule has 0 aromatic heterocycles. The number of rotatable bonds is 7. The summed E-state index contributed by atoms with van der Waals surface area (Å²) in [4.78, 5) is 26.1. The Bertz CT molecular complexity index is 345. The maximum absolute atomic E-state index is 12.2. The minimum Gasteiger partial charge on any atom is -0.331 e. The van der Waals surface area contributed by atoms with E-state index in [0.29, 0.717) is 18.4 Å². The van der Waals surface area contributed by atoms with E-state index < -0.39 is 0 Å². The third kappa shape index (κ3) is 4.62. The predicted molar refractivity (Wildman–Crippen MR) is 84.6 cm³/mol. The number of hydrogen-bond acceptors (Lipinski definition) is 3. The first-order valence-electron chi connectivity index (χ1n) is 7.95. The molecule has 4 nitrogen and oxygen atoms in total. The number of hydrogen-bond donors (Lipinski definition) is 1. The van der Waals surface area contributed by atoms with Crippen molar-refractivity contribution in [1.82, 2.24) is 10.2 Å². The molecule has 0 heterocycles.